The van der Waals surface area contributed by atoms with Gasteiger partial charge in [0.05, 0.1) is 17.7 Å². The molecule has 1 unspecified atom stereocenters. The van der Waals surface area contributed by atoms with Crippen LogP contribution in [0.2, 0.25) is 10.0 Å². The van der Waals surface area contributed by atoms with Gasteiger partial charge in [0.15, 0.2) is 0 Å². The van der Waals surface area contributed by atoms with Crippen LogP contribution in [-0.4, -0.2) is 54.2 Å². The number of amides is 1. The number of carbonyl (C=O) groups excluding carboxylic acids is 1. The quantitative estimate of drug-likeness (QED) is 0.239. The molecule has 0 aliphatic carbocycles. The Morgan fingerprint density at radius 3 is 2.30 bits per heavy atom. The first-order valence-corrected chi connectivity index (χ1v) is 16.5. The van der Waals surface area contributed by atoms with Crippen molar-refractivity contribution < 1.29 is 32.2 Å². The van der Waals surface area contributed by atoms with Gasteiger partial charge in [0, 0.05) is 22.6 Å². The largest absolute Gasteiger partial charge is 0.481 e. The highest BCUT2D eigenvalue weighted by molar-refractivity contribution is 7.90. The number of rotatable bonds is 12. The molecule has 236 valence electrons. The van der Waals surface area contributed by atoms with Gasteiger partial charge in [-0.1, -0.05) is 79.5 Å². The van der Waals surface area contributed by atoms with E-state index < -0.39 is 63.7 Å². The molecule has 12 heteroatoms. The summed E-state index contributed by atoms with van der Waals surface area (Å²) in [7, 11) is -3.97. The second-order valence-electron chi connectivity index (χ2n) is 11.3. The number of nitrogens with one attached hydrogen (secondary N) is 1. The summed E-state index contributed by atoms with van der Waals surface area (Å²) in [6.07, 6.45) is -2.81. The fourth-order valence-electron chi connectivity index (χ4n) is 5.44. The molecular formula is C32H35Cl2FN2O6S. The third-order valence-electron chi connectivity index (χ3n) is 7.79. The van der Waals surface area contributed by atoms with Crippen LogP contribution in [0.25, 0.3) is 0 Å². The molecule has 5 atom stereocenters. The zero-order valence-corrected chi connectivity index (χ0v) is 26.8. The van der Waals surface area contributed by atoms with Gasteiger partial charge in [0.2, 0.25) is 10.0 Å². The van der Waals surface area contributed by atoms with E-state index in [1.54, 1.807) is 65.6 Å². The molecule has 0 bridgehead atoms. The first-order chi connectivity index (χ1) is 20.8. The van der Waals surface area contributed by atoms with Gasteiger partial charge < -0.3 is 14.7 Å². The summed E-state index contributed by atoms with van der Waals surface area (Å²) in [6, 6.07) is 18.3. The van der Waals surface area contributed by atoms with Gasteiger partial charge in [-0.05, 0) is 66.3 Å². The van der Waals surface area contributed by atoms with Crippen LogP contribution in [-0.2, 0) is 30.8 Å². The van der Waals surface area contributed by atoms with Crippen molar-refractivity contribution in [2.45, 2.75) is 63.2 Å². The van der Waals surface area contributed by atoms with Crippen LogP contribution < -0.4 is 4.72 Å². The summed E-state index contributed by atoms with van der Waals surface area (Å²) < 4.78 is 49.9. The van der Waals surface area contributed by atoms with Crippen LogP contribution >= 0.6 is 23.2 Å². The van der Waals surface area contributed by atoms with E-state index in [0.717, 1.165) is 0 Å². The highest BCUT2D eigenvalue weighted by atomic mass is 35.5. The second kappa shape index (κ2) is 14.4. The average molecular weight is 666 g/mol. The highest BCUT2D eigenvalue weighted by Gasteiger charge is 2.48. The molecule has 0 aromatic heterocycles. The van der Waals surface area contributed by atoms with Gasteiger partial charge in [0.1, 0.15) is 18.0 Å². The molecule has 1 heterocycles. The molecule has 1 saturated heterocycles. The van der Waals surface area contributed by atoms with E-state index >= 15 is 0 Å². The molecule has 0 saturated carbocycles. The Kier molecular flexibility index (Phi) is 11.1. The predicted molar refractivity (Wildman–Crippen MR) is 167 cm³/mol. The molecule has 8 nitrogen and oxygen atoms in total. The van der Waals surface area contributed by atoms with Crippen LogP contribution in [0.3, 0.4) is 0 Å². The summed E-state index contributed by atoms with van der Waals surface area (Å²) in [5, 5.41) is 9.57. The molecule has 3 aromatic rings. The van der Waals surface area contributed by atoms with Crippen LogP contribution in [0, 0.1) is 11.7 Å². The first-order valence-electron chi connectivity index (χ1n) is 14.2. The predicted octanol–water partition coefficient (Wildman–Crippen LogP) is 6.19. The molecule has 1 aliphatic heterocycles. The molecule has 1 amide bonds. The van der Waals surface area contributed by atoms with Gasteiger partial charge >= 0.3 is 5.97 Å². The summed E-state index contributed by atoms with van der Waals surface area (Å²) >= 11 is 12.5. The molecule has 1 fully saturated rings. The summed E-state index contributed by atoms with van der Waals surface area (Å²) in [4.78, 5) is 27.5. The van der Waals surface area contributed by atoms with Crippen molar-refractivity contribution in [2.24, 2.45) is 5.92 Å². The zero-order valence-electron chi connectivity index (χ0n) is 24.5. The van der Waals surface area contributed by atoms with E-state index in [4.69, 9.17) is 27.9 Å². The highest BCUT2D eigenvalue weighted by Crippen LogP contribution is 2.45. The Morgan fingerprint density at radius 1 is 1.00 bits per heavy atom. The number of sulfonamides is 1. The normalized spacial score (nSPS) is 20.5. The number of benzene rings is 3. The van der Waals surface area contributed by atoms with Crippen molar-refractivity contribution in [3.63, 3.8) is 0 Å². The molecule has 3 aromatic carbocycles. The lowest BCUT2D eigenvalue weighted by Crippen LogP contribution is -2.59. The molecule has 0 radical (unpaired) electrons. The lowest BCUT2D eigenvalue weighted by molar-refractivity contribution is -0.184. The van der Waals surface area contributed by atoms with E-state index in [9.17, 15) is 27.5 Å². The summed E-state index contributed by atoms with van der Waals surface area (Å²) in [5.41, 5.74) is 1.55. The fraction of sp³-hybridized carbons (Fsp3) is 0.375. The van der Waals surface area contributed by atoms with Gasteiger partial charge in [-0.3, -0.25) is 9.59 Å². The minimum atomic E-state index is -3.97. The number of nitrogens with zero attached hydrogens (tertiary/aromatic N) is 1. The Balaban J connectivity index is 1.74. The third-order valence-corrected chi connectivity index (χ3v) is 10.1. The Bertz CT molecular complexity index is 1590. The van der Waals surface area contributed by atoms with Crippen molar-refractivity contribution in [1.82, 2.24) is 9.62 Å². The molecular weight excluding hydrogens is 630 g/mol. The van der Waals surface area contributed by atoms with E-state index in [-0.39, 0.29) is 24.4 Å². The van der Waals surface area contributed by atoms with E-state index in [1.807, 2.05) is 13.8 Å². The number of carboxylic acid groups (broad SMARTS) is 1. The van der Waals surface area contributed by atoms with Gasteiger partial charge in [0.25, 0.3) is 5.91 Å². The standard InChI is InChI=1S/C32H35Cl2FN2O6S/c1-19(2)27(18-36-44(41,42)20(3)15-22-7-4-5-10-26(22)35)37-30(21-11-13-24(33)14-12-21)31(23-8-6-9-25(34)16-23)43-28(32(37)40)17-29(38)39/h4-14,16,19-20,27-28,30-31,36H,15,17-18H2,1-3H3,(H,38,39)/t20?,27-,28+,30-,31-/m1/s1. The number of halogens is 3. The van der Waals surface area contributed by atoms with Crippen LogP contribution in [0.1, 0.15) is 56.0 Å². The first kappa shape index (κ1) is 33.9. The Morgan fingerprint density at radius 2 is 1.68 bits per heavy atom. The smallest absolute Gasteiger partial charge is 0.306 e. The maximum Gasteiger partial charge on any atom is 0.306 e. The van der Waals surface area contributed by atoms with E-state index in [2.05, 4.69) is 4.72 Å². The van der Waals surface area contributed by atoms with Crippen molar-refractivity contribution in [3.05, 3.63) is 105 Å². The number of aliphatic carboxylic acids is 1. The number of carboxylic acids is 1. The van der Waals surface area contributed by atoms with Gasteiger partial charge in [-0.2, -0.15) is 0 Å². The van der Waals surface area contributed by atoms with Crippen LogP contribution in [0.5, 0.6) is 0 Å². The number of ether oxygens (including phenoxy) is 1. The van der Waals surface area contributed by atoms with Crippen molar-refractivity contribution in [3.8, 4) is 0 Å². The Hall–Kier alpha value is -3.02. The zero-order chi connectivity index (χ0) is 32.2. The SMILES string of the molecule is CC(C)[C@@H](CNS(=O)(=O)C(C)Cc1ccccc1F)N1C(=O)[C@H](CC(=O)O)O[C@H](c2cccc(Cl)c2)[C@H]1c1ccc(Cl)cc1. The molecule has 44 heavy (non-hydrogen) atoms. The molecule has 2 N–H and O–H groups in total. The van der Waals surface area contributed by atoms with Crippen LogP contribution in [0.15, 0.2) is 72.8 Å². The van der Waals surface area contributed by atoms with Gasteiger partial charge in [-0.25, -0.2) is 17.5 Å². The number of morpholine rings is 1. The van der Waals surface area contributed by atoms with Crippen molar-refractivity contribution in [2.75, 3.05) is 6.54 Å². The average Bonchev–Trinajstić information content (AvgIpc) is 2.96. The summed E-state index contributed by atoms with van der Waals surface area (Å²) in [6.45, 7) is 5.03. The van der Waals surface area contributed by atoms with Crippen molar-refractivity contribution in [1.29, 1.82) is 0 Å². The number of hydrogen-bond donors (Lipinski definition) is 2. The molecule has 4 rings (SSSR count). The lowest BCUT2D eigenvalue weighted by Gasteiger charge is -2.49. The molecule has 0 spiro atoms. The van der Waals surface area contributed by atoms with Gasteiger partial charge in [-0.15, -0.1) is 0 Å². The Labute approximate surface area is 267 Å². The van der Waals surface area contributed by atoms with Crippen molar-refractivity contribution >= 4 is 45.1 Å². The minimum Gasteiger partial charge on any atom is -0.481 e. The lowest BCUT2D eigenvalue weighted by atomic mass is 9.88. The number of hydrogen-bond acceptors (Lipinski definition) is 5. The van der Waals surface area contributed by atoms with E-state index in [0.29, 0.717) is 21.2 Å². The number of carbonyl (C=O) groups is 2. The topological polar surface area (TPSA) is 113 Å². The maximum atomic E-state index is 14.3. The van der Waals surface area contributed by atoms with Crippen LogP contribution in [0.4, 0.5) is 4.39 Å². The maximum absolute atomic E-state index is 14.3. The molecule has 1 aliphatic rings. The fourth-order valence-corrected chi connectivity index (χ4v) is 6.86. The minimum absolute atomic E-state index is 0.0459. The van der Waals surface area contributed by atoms with E-state index in [1.165, 1.54) is 19.1 Å². The third kappa shape index (κ3) is 7.97. The second-order valence-corrected chi connectivity index (χ2v) is 14.3. The summed E-state index contributed by atoms with van der Waals surface area (Å²) in [5.74, 6) is -2.57. The monoisotopic (exact) mass is 664 g/mol.